The minimum Gasteiger partial charge on any atom is -0.497 e. The largest absolute Gasteiger partial charge is 0.497 e. The van der Waals surface area contributed by atoms with E-state index in [0.29, 0.717) is 26.0 Å². The maximum absolute atomic E-state index is 12.3. The smallest absolute Gasteiger partial charge is 0.220 e. The average Bonchev–Trinajstić information content (AvgIpc) is 3.27. The number of para-hydroxylation sites is 1. The number of amides is 1. The number of rotatable bonds is 10. The zero-order valence-corrected chi connectivity index (χ0v) is 16.6. The third-order valence-corrected chi connectivity index (χ3v) is 5.13. The van der Waals surface area contributed by atoms with Crippen LogP contribution in [0.1, 0.15) is 37.3 Å². The summed E-state index contributed by atoms with van der Waals surface area (Å²) in [6, 6.07) is 18.1. The van der Waals surface area contributed by atoms with Gasteiger partial charge in [-0.15, -0.1) is 0 Å². The molecule has 5 nitrogen and oxygen atoms in total. The van der Waals surface area contributed by atoms with Crippen LogP contribution in [0.4, 0.5) is 0 Å². The van der Waals surface area contributed by atoms with Gasteiger partial charge in [0.2, 0.25) is 5.91 Å². The minimum atomic E-state index is 0.0781. The van der Waals surface area contributed by atoms with Gasteiger partial charge in [0.1, 0.15) is 11.5 Å². The molecular formula is C23H30N2O3. The second-order valence-electron chi connectivity index (χ2n) is 7.10. The standard InChI is InChI=1S/C23H30N2O3/c1-27-20-13-11-19(12-14-20)22(25-15-5-6-16-25)18-24-23(26)10-7-17-28-21-8-3-2-4-9-21/h2-4,8-9,11-14,22H,5-7,10,15-18H2,1H3,(H,24,26). The molecule has 0 bridgehead atoms. The van der Waals surface area contributed by atoms with Crippen molar-refractivity contribution in [2.45, 2.75) is 31.7 Å². The number of carbonyl (C=O) groups is 1. The molecule has 0 aromatic heterocycles. The third kappa shape index (κ3) is 5.99. The topological polar surface area (TPSA) is 50.8 Å². The fourth-order valence-corrected chi connectivity index (χ4v) is 3.58. The Morgan fingerprint density at radius 1 is 1.04 bits per heavy atom. The summed E-state index contributed by atoms with van der Waals surface area (Å²) >= 11 is 0. The zero-order valence-electron chi connectivity index (χ0n) is 16.6. The maximum Gasteiger partial charge on any atom is 0.220 e. The fraction of sp³-hybridized carbons (Fsp3) is 0.435. The summed E-state index contributed by atoms with van der Waals surface area (Å²) in [4.78, 5) is 14.8. The van der Waals surface area contributed by atoms with Crippen LogP contribution in [0.5, 0.6) is 11.5 Å². The predicted octanol–water partition coefficient (Wildman–Crippen LogP) is 3.81. The van der Waals surface area contributed by atoms with Gasteiger partial charge in [-0.25, -0.2) is 0 Å². The highest BCUT2D eigenvalue weighted by Gasteiger charge is 2.23. The molecule has 3 rings (SSSR count). The Morgan fingerprint density at radius 2 is 1.75 bits per heavy atom. The second kappa shape index (κ2) is 10.7. The van der Waals surface area contributed by atoms with E-state index < -0.39 is 0 Å². The summed E-state index contributed by atoms with van der Waals surface area (Å²) in [6.07, 6.45) is 3.62. The molecule has 1 N–H and O–H groups in total. The molecule has 1 heterocycles. The molecule has 0 radical (unpaired) electrons. The number of carbonyl (C=O) groups excluding carboxylic acids is 1. The highest BCUT2D eigenvalue weighted by molar-refractivity contribution is 5.75. The number of ether oxygens (including phenoxy) is 2. The van der Waals surface area contributed by atoms with Gasteiger partial charge in [0, 0.05) is 13.0 Å². The van der Waals surface area contributed by atoms with E-state index in [1.54, 1.807) is 7.11 Å². The van der Waals surface area contributed by atoms with Crippen LogP contribution in [0, 0.1) is 0 Å². The van der Waals surface area contributed by atoms with Gasteiger partial charge in [-0.05, 0) is 62.2 Å². The maximum atomic E-state index is 12.3. The molecule has 1 atom stereocenters. The molecule has 150 valence electrons. The van der Waals surface area contributed by atoms with E-state index in [2.05, 4.69) is 22.3 Å². The number of benzene rings is 2. The van der Waals surface area contributed by atoms with Crippen molar-refractivity contribution in [3.8, 4) is 11.5 Å². The van der Waals surface area contributed by atoms with Crippen LogP contribution >= 0.6 is 0 Å². The van der Waals surface area contributed by atoms with Crippen molar-refractivity contribution in [1.29, 1.82) is 0 Å². The van der Waals surface area contributed by atoms with Crippen molar-refractivity contribution in [3.63, 3.8) is 0 Å². The van der Waals surface area contributed by atoms with Gasteiger partial charge in [0.05, 0.1) is 19.8 Å². The van der Waals surface area contributed by atoms with Crippen molar-refractivity contribution in [2.24, 2.45) is 0 Å². The predicted molar refractivity (Wildman–Crippen MR) is 111 cm³/mol. The average molecular weight is 383 g/mol. The van der Waals surface area contributed by atoms with E-state index in [1.807, 2.05) is 42.5 Å². The molecule has 1 unspecified atom stereocenters. The lowest BCUT2D eigenvalue weighted by molar-refractivity contribution is -0.121. The fourth-order valence-electron chi connectivity index (χ4n) is 3.58. The highest BCUT2D eigenvalue weighted by Crippen LogP contribution is 2.26. The quantitative estimate of drug-likeness (QED) is 0.635. The van der Waals surface area contributed by atoms with Gasteiger partial charge in [0.25, 0.3) is 0 Å². The van der Waals surface area contributed by atoms with E-state index in [4.69, 9.17) is 9.47 Å². The first-order valence-corrected chi connectivity index (χ1v) is 10.1. The lowest BCUT2D eigenvalue weighted by atomic mass is 10.1. The number of hydrogen-bond acceptors (Lipinski definition) is 4. The highest BCUT2D eigenvalue weighted by atomic mass is 16.5. The van der Waals surface area contributed by atoms with E-state index in [0.717, 1.165) is 24.6 Å². The molecule has 1 aliphatic rings. The Hall–Kier alpha value is -2.53. The summed E-state index contributed by atoms with van der Waals surface area (Å²) in [5, 5.41) is 3.12. The Labute approximate surface area is 167 Å². The second-order valence-corrected chi connectivity index (χ2v) is 7.10. The summed E-state index contributed by atoms with van der Waals surface area (Å²) in [5.41, 5.74) is 1.22. The van der Waals surface area contributed by atoms with Gasteiger partial charge >= 0.3 is 0 Å². The molecule has 28 heavy (non-hydrogen) atoms. The first-order valence-electron chi connectivity index (χ1n) is 10.1. The van der Waals surface area contributed by atoms with Crippen LogP contribution in [0.25, 0.3) is 0 Å². The Balaban J connectivity index is 1.46. The molecular weight excluding hydrogens is 352 g/mol. The van der Waals surface area contributed by atoms with E-state index >= 15 is 0 Å². The lowest BCUT2D eigenvalue weighted by Crippen LogP contribution is -2.36. The van der Waals surface area contributed by atoms with Crippen LogP contribution in [-0.2, 0) is 4.79 Å². The Kier molecular flexibility index (Phi) is 7.73. The summed E-state index contributed by atoms with van der Waals surface area (Å²) in [7, 11) is 1.68. The van der Waals surface area contributed by atoms with Crippen molar-refractivity contribution in [2.75, 3.05) is 33.4 Å². The molecule has 1 fully saturated rings. The van der Waals surface area contributed by atoms with Crippen molar-refractivity contribution < 1.29 is 14.3 Å². The van der Waals surface area contributed by atoms with Crippen molar-refractivity contribution in [1.82, 2.24) is 10.2 Å². The van der Waals surface area contributed by atoms with Crippen LogP contribution in [0.2, 0.25) is 0 Å². The molecule has 0 saturated carbocycles. The SMILES string of the molecule is COc1ccc(C(CNC(=O)CCCOc2ccccc2)N2CCCC2)cc1. The first-order chi connectivity index (χ1) is 13.8. The number of nitrogens with zero attached hydrogens (tertiary/aromatic N) is 1. The minimum absolute atomic E-state index is 0.0781. The van der Waals surface area contributed by atoms with Crippen LogP contribution in [-0.4, -0.2) is 44.2 Å². The molecule has 1 aliphatic heterocycles. The van der Waals surface area contributed by atoms with Gasteiger partial charge < -0.3 is 14.8 Å². The molecule has 2 aromatic carbocycles. The number of methoxy groups -OCH3 is 1. The first kappa shape index (κ1) is 20.2. The molecule has 1 amide bonds. The number of likely N-dealkylation sites (tertiary alicyclic amines) is 1. The summed E-state index contributed by atoms with van der Waals surface area (Å²) in [5.74, 6) is 1.78. The number of hydrogen-bond donors (Lipinski definition) is 1. The lowest BCUT2D eigenvalue weighted by Gasteiger charge is -2.28. The Morgan fingerprint density at radius 3 is 2.43 bits per heavy atom. The zero-order chi connectivity index (χ0) is 19.6. The summed E-state index contributed by atoms with van der Waals surface area (Å²) < 4.78 is 10.9. The molecule has 0 aliphatic carbocycles. The summed E-state index contributed by atoms with van der Waals surface area (Å²) in [6.45, 7) is 3.34. The number of nitrogens with one attached hydrogen (secondary N) is 1. The third-order valence-electron chi connectivity index (χ3n) is 5.13. The molecule has 1 saturated heterocycles. The van der Waals surface area contributed by atoms with Gasteiger partial charge in [0.15, 0.2) is 0 Å². The van der Waals surface area contributed by atoms with Gasteiger partial charge in [-0.2, -0.15) is 0 Å². The van der Waals surface area contributed by atoms with Crippen LogP contribution in [0.3, 0.4) is 0 Å². The van der Waals surface area contributed by atoms with Gasteiger partial charge in [-0.1, -0.05) is 30.3 Å². The van der Waals surface area contributed by atoms with E-state index in [1.165, 1.54) is 18.4 Å². The van der Waals surface area contributed by atoms with E-state index in [9.17, 15) is 4.79 Å². The Bertz CT molecular complexity index is 712. The molecule has 5 heteroatoms. The van der Waals surface area contributed by atoms with Gasteiger partial charge in [-0.3, -0.25) is 9.69 Å². The van der Waals surface area contributed by atoms with E-state index in [-0.39, 0.29) is 11.9 Å². The van der Waals surface area contributed by atoms with Crippen LogP contribution < -0.4 is 14.8 Å². The molecule has 0 spiro atoms. The van der Waals surface area contributed by atoms with Crippen molar-refractivity contribution in [3.05, 3.63) is 60.2 Å². The molecule has 2 aromatic rings. The monoisotopic (exact) mass is 382 g/mol. The van der Waals surface area contributed by atoms with Crippen LogP contribution in [0.15, 0.2) is 54.6 Å². The van der Waals surface area contributed by atoms with Crippen molar-refractivity contribution >= 4 is 5.91 Å². The normalized spacial score (nSPS) is 15.2.